The third kappa shape index (κ3) is 2.67. The van der Waals surface area contributed by atoms with Crippen molar-refractivity contribution in [3.63, 3.8) is 0 Å². The molecular formula is C23H26N2O7. The third-order valence-corrected chi connectivity index (χ3v) is 7.08. The van der Waals surface area contributed by atoms with E-state index in [1.807, 2.05) is 6.92 Å². The van der Waals surface area contributed by atoms with E-state index in [2.05, 4.69) is 0 Å². The van der Waals surface area contributed by atoms with Crippen molar-refractivity contribution in [2.24, 2.45) is 17.6 Å². The summed E-state index contributed by atoms with van der Waals surface area (Å²) in [4.78, 5) is 40.1. The lowest BCUT2D eigenvalue weighted by Crippen LogP contribution is -2.65. The number of nitrogens with two attached hydrogens (primary N) is 1. The summed E-state index contributed by atoms with van der Waals surface area (Å²) in [6.07, 6.45) is 1.04. The molecule has 0 aliphatic heterocycles. The van der Waals surface area contributed by atoms with Crippen molar-refractivity contribution in [2.45, 2.75) is 37.8 Å². The molecule has 0 unspecified atom stereocenters. The van der Waals surface area contributed by atoms with E-state index in [4.69, 9.17) is 5.73 Å². The Balaban J connectivity index is 1.99. The van der Waals surface area contributed by atoms with Crippen LogP contribution >= 0.6 is 0 Å². The van der Waals surface area contributed by atoms with E-state index in [0.29, 0.717) is 18.4 Å². The molecule has 0 spiro atoms. The highest BCUT2D eigenvalue weighted by atomic mass is 16.3. The fourth-order valence-electron chi connectivity index (χ4n) is 5.64. The lowest BCUT2D eigenvalue weighted by Gasteiger charge is -2.50. The molecule has 1 aromatic carbocycles. The maximum absolute atomic E-state index is 13.6. The number of aromatic hydroxyl groups is 1. The Labute approximate surface area is 184 Å². The standard InChI is InChI=1S/C23H26N2O7/c1-4-9-5-6-13(26)15-11(9)7-10-8-12-17(25(2)3)19(28)16(22(24)31)21(30)23(12,32)20(29)14(10)18(15)27/h5-6,10,12,17,26-27,30,32H,4,7-8H2,1-3H3,(H2,24,31)/t10-,12-,17-,23-/m1/s1. The number of nitrogens with zero attached hydrogens (tertiary/aromatic N) is 1. The molecule has 1 fully saturated rings. The molecule has 1 amide bonds. The number of aliphatic hydroxyl groups is 3. The summed E-state index contributed by atoms with van der Waals surface area (Å²) in [7, 11) is 3.14. The minimum Gasteiger partial charge on any atom is -0.508 e. The predicted molar refractivity (Wildman–Crippen MR) is 114 cm³/mol. The molecule has 1 aromatic rings. The van der Waals surface area contributed by atoms with E-state index in [9.17, 15) is 34.8 Å². The number of hydrogen-bond acceptors (Lipinski definition) is 8. The van der Waals surface area contributed by atoms with Gasteiger partial charge in [0.15, 0.2) is 11.4 Å². The number of primary amides is 1. The molecule has 0 aromatic heterocycles. The number of aryl methyl sites for hydroxylation is 1. The van der Waals surface area contributed by atoms with Crippen molar-refractivity contribution in [3.8, 4) is 5.75 Å². The van der Waals surface area contributed by atoms with Gasteiger partial charge in [0.2, 0.25) is 5.78 Å². The second-order valence-corrected chi connectivity index (χ2v) is 8.91. The van der Waals surface area contributed by atoms with E-state index in [0.717, 1.165) is 5.56 Å². The SMILES string of the molecule is CCc1ccc(O)c2c1C[C@@H]1C[C@@H]3[C@@H](N(C)C)C(=O)C(C(N)=O)=C(O)[C@]3(O)C(=O)C1=C2O. The normalized spacial score (nSPS) is 29.7. The topological polar surface area (TPSA) is 161 Å². The van der Waals surface area contributed by atoms with Crippen molar-refractivity contribution in [3.05, 3.63) is 45.7 Å². The zero-order chi connectivity index (χ0) is 23.7. The smallest absolute Gasteiger partial charge is 0.255 e. The summed E-state index contributed by atoms with van der Waals surface area (Å²) in [5.74, 6) is -6.38. The van der Waals surface area contributed by atoms with Crippen molar-refractivity contribution in [2.75, 3.05) is 14.1 Å². The summed E-state index contributed by atoms with van der Waals surface area (Å²) >= 11 is 0. The van der Waals surface area contributed by atoms with E-state index < -0.39 is 58.0 Å². The van der Waals surface area contributed by atoms with Crippen molar-refractivity contribution in [1.29, 1.82) is 0 Å². The molecule has 32 heavy (non-hydrogen) atoms. The first-order valence-corrected chi connectivity index (χ1v) is 10.4. The first-order chi connectivity index (χ1) is 15.0. The fraction of sp³-hybridized carbons (Fsp3) is 0.435. The monoisotopic (exact) mass is 442 g/mol. The molecular weight excluding hydrogens is 416 g/mol. The Hall–Kier alpha value is -3.17. The molecule has 4 rings (SSSR count). The summed E-state index contributed by atoms with van der Waals surface area (Å²) in [5.41, 5.74) is 3.47. The average Bonchev–Trinajstić information content (AvgIpc) is 2.70. The summed E-state index contributed by atoms with van der Waals surface area (Å²) in [5, 5.41) is 43.7. The maximum Gasteiger partial charge on any atom is 0.255 e. The van der Waals surface area contributed by atoms with Crippen LogP contribution < -0.4 is 5.73 Å². The van der Waals surface area contributed by atoms with Crippen LogP contribution in [0.25, 0.3) is 5.76 Å². The maximum atomic E-state index is 13.6. The van der Waals surface area contributed by atoms with Gasteiger partial charge in [-0.25, -0.2) is 0 Å². The molecule has 0 bridgehead atoms. The number of amides is 1. The van der Waals surface area contributed by atoms with Crippen molar-refractivity contribution in [1.82, 2.24) is 4.90 Å². The number of fused-ring (bicyclic) bond motifs is 3. The van der Waals surface area contributed by atoms with Crippen molar-refractivity contribution < 1.29 is 34.8 Å². The molecule has 3 aliphatic rings. The zero-order valence-corrected chi connectivity index (χ0v) is 18.0. The molecule has 3 aliphatic carbocycles. The molecule has 9 heteroatoms. The van der Waals surface area contributed by atoms with E-state index >= 15 is 0 Å². The average molecular weight is 442 g/mol. The largest absolute Gasteiger partial charge is 0.508 e. The van der Waals surface area contributed by atoms with Crippen LogP contribution in [0.5, 0.6) is 5.75 Å². The van der Waals surface area contributed by atoms with Gasteiger partial charge in [0.25, 0.3) is 5.91 Å². The van der Waals surface area contributed by atoms with Crippen LogP contribution in [0.3, 0.4) is 0 Å². The number of likely N-dealkylation sites (N-methyl/N-ethyl adjacent to an activating group) is 1. The number of benzene rings is 1. The quantitative estimate of drug-likeness (QED) is 0.424. The highest BCUT2D eigenvalue weighted by molar-refractivity contribution is 6.24. The lowest BCUT2D eigenvalue weighted by atomic mass is 9.57. The van der Waals surface area contributed by atoms with Crippen LogP contribution in [0.15, 0.2) is 29.0 Å². The van der Waals surface area contributed by atoms with Gasteiger partial charge in [-0.3, -0.25) is 19.3 Å². The molecule has 170 valence electrons. The molecule has 4 atom stereocenters. The number of rotatable bonds is 3. The van der Waals surface area contributed by atoms with Gasteiger partial charge < -0.3 is 26.2 Å². The van der Waals surface area contributed by atoms with Crippen LogP contribution in [-0.4, -0.2) is 68.5 Å². The second kappa shape index (κ2) is 7.18. The Kier molecular flexibility index (Phi) is 4.94. The molecule has 0 saturated heterocycles. The van der Waals surface area contributed by atoms with Crippen LogP contribution in [0.4, 0.5) is 0 Å². The van der Waals surface area contributed by atoms with Crippen LogP contribution in [0.2, 0.25) is 0 Å². The van der Waals surface area contributed by atoms with E-state index in [1.165, 1.54) is 11.0 Å². The number of carbonyl (C=O) groups is 3. The Morgan fingerprint density at radius 2 is 1.88 bits per heavy atom. The Bertz CT molecular complexity index is 1130. The molecule has 0 heterocycles. The number of carbonyl (C=O) groups excluding carboxylic acids is 3. The zero-order valence-electron chi connectivity index (χ0n) is 18.0. The van der Waals surface area contributed by atoms with Gasteiger partial charge in [0, 0.05) is 11.5 Å². The third-order valence-electron chi connectivity index (χ3n) is 7.08. The van der Waals surface area contributed by atoms with E-state index in [1.54, 1.807) is 20.2 Å². The number of phenols is 1. The molecule has 6 N–H and O–H groups in total. The van der Waals surface area contributed by atoms with Crippen LogP contribution in [0, 0.1) is 11.8 Å². The second-order valence-electron chi connectivity index (χ2n) is 8.91. The number of ketones is 2. The highest BCUT2D eigenvalue weighted by Gasteiger charge is 2.64. The molecule has 9 nitrogen and oxygen atoms in total. The minimum atomic E-state index is -2.61. The van der Waals surface area contributed by atoms with Gasteiger partial charge in [-0.15, -0.1) is 0 Å². The van der Waals surface area contributed by atoms with Gasteiger partial charge in [0.1, 0.15) is 22.8 Å². The Morgan fingerprint density at radius 3 is 2.44 bits per heavy atom. The van der Waals surface area contributed by atoms with Gasteiger partial charge in [-0.05, 0) is 56.5 Å². The first-order valence-electron chi connectivity index (χ1n) is 10.4. The molecule has 1 saturated carbocycles. The number of hydrogen-bond donors (Lipinski definition) is 5. The fourth-order valence-corrected chi connectivity index (χ4v) is 5.64. The van der Waals surface area contributed by atoms with Gasteiger partial charge in [-0.2, -0.15) is 0 Å². The summed E-state index contributed by atoms with van der Waals surface area (Å²) < 4.78 is 0. The van der Waals surface area contributed by atoms with E-state index in [-0.39, 0.29) is 23.3 Å². The molecule has 0 radical (unpaired) electrons. The first kappa shape index (κ1) is 22.0. The summed E-state index contributed by atoms with van der Waals surface area (Å²) in [6.45, 7) is 1.93. The van der Waals surface area contributed by atoms with Crippen molar-refractivity contribution >= 4 is 23.2 Å². The number of aliphatic hydroxyl groups excluding tert-OH is 2. The summed E-state index contributed by atoms with van der Waals surface area (Å²) in [6, 6.07) is 2.11. The Morgan fingerprint density at radius 1 is 1.22 bits per heavy atom. The van der Waals surface area contributed by atoms with Gasteiger partial charge in [-0.1, -0.05) is 13.0 Å². The minimum absolute atomic E-state index is 0.0879. The predicted octanol–water partition coefficient (Wildman–Crippen LogP) is 0.526. The number of Topliss-reactive ketones (excluding diaryl/α,β-unsaturated/α-hetero) is 2. The van der Waals surface area contributed by atoms with Gasteiger partial charge in [0.05, 0.1) is 11.6 Å². The lowest BCUT2D eigenvalue weighted by molar-refractivity contribution is -0.153. The number of phenolic OH excluding ortho intramolecular Hbond substituents is 1. The van der Waals surface area contributed by atoms with Gasteiger partial charge >= 0.3 is 0 Å². The highest BCUT2D eigenvalue weighted by Crippen LogP contribution is 2.52. The van der Waals surface area contributed by atoms with Crippen LogP contribution in [-0.2, 0) is 27.2 Å². The van der Waals surface area contributed by atoms with Crippen LogP contribution in [0.1, 0.15) is 30.0 Å².